The maximum atomic E-state index is 5.32. The second-order valence-corrected chi connectivity index (χ2v) is 15.0. The molecule has 0 saturated heterocycles. The van der Waals surface area contributed by atoms with Gasteiger partial charge in [-0.05, 0) is 83.2 Å². The van der Waals surface area contributed by atoms with Gasteiger partial charge in [0.1, 0.15) is 0 Å². The molecule has 0 amide bonds. The Labute approximate surface area is 334 Å². The molecule has 0 aliphatic heterocycles. The van der Waals surface area contributed by atoms with Crippen molar-refractivity contribution in [3.05, 3.63) is 206 Å². The van der Waals surface area contributed by atoms with Crippen molar-refractivity contribution in [1.29, 1.82) is 0 Å². The van der Waals surface area contributed by atoms with E-state index in [4.69, 9.17) is 9.97 Å². The Morgan fingerprint density at radius 3 is 1.67 bits per heavy atom. The molecule has 0 N–H and O–H groups in total. The zero-order valence-electron chi connectivity index (χ0n) is 31.4. The maximum absolute atomic E-state index is 5.32. The highest BCUT2D eigenvalue weighted by atomic mass is 15.0. The van der Waals surface area contributed by atoms with Crippen LogP contribution in [0.25, 0.3) is 110 Å². The van der Waals surface area contributed by atoms with Gasteiger partial charge in [0.15, 0.2) is 5.82 Å². The van der Waals surface area contributed by atoms with Crippen molar-refractivity contribution in [1.82, 2.24) is 19.1 Å². The Kier molecular flexibility index (Phi) is 7.20. The van der Waals surface area contributed by atoms with Crippen molar-refractivity contribution in [2.45, 2.75) is 0 Å². The molecule has 58 heavy (non-hydrogen) atoms. The standard InChI is InChI=1S/C54H34N4/c1-3-14-36(15-4-1)52-47-33-38(39-26-30-45-43-19-9-11-21-49(43)57(51(45)34-39)40-16-5-2-6-17-40)27-32-48(47)55-54(56-52)37-23-28-41(29-24-37)58-50-22-12-10-20-44(50)46-31-25-35-13-7-8-18-42(35)53(46)58/h1-34H. The molecule has 9 aromatic carbocycles. The minimum Gasteiger partial charge on any atom is -0.309 e. The molecule has 0 aliphatic rings. The van der Waals surface area contributed by atoms with Gasteiger partial charge in [0.2, 0.25) is 0 Å². The van der Waals surface area contributed by atoms with Crippen LogP contribution in [-0.2, 0) is 0 Å². The molecule has 4 heteroatoms. The largest absolute Gasteiger partial charge is 0.309 e. The molecule has 12 aromatic rings. The first-order valence-corrected chi connectivity index (χ1v) is 19.7. The monoisotopic (exact) mass is 738 g/mol. The molecule has 0 atom stereocenters. The molecule has 4 nitrogen and oxygen atoms in total. The Hall–Kier alpha value is -7.82. The summed E-state index contributed by atoms with van der Waals surface area (Å²) in [6.45, 7) is 0. The highest BCUT2D eigenvalue weighted by molar-refractivity contribution is 6.18. The van der Waals surface area contributed by atoms with Crippen LogP contribution < -0.4 is 0 Å². The summed E-state index contributed by atoms with van der Waals surface area (Å²) < 4.78 is 4.76. The zero-order valence-corrected chi connectivity index (χ0v) is 31.4. The number of benzene rings is 9. The molecule has 270 valence electrons. The number of hydrogen-bond acceptors (Lipinski definition) is 2. The Balaban J connectivity index is 0.996. The third kappa shape index (κ3) is 5.02. The van der Waals surface area contributed by atoms with Gasteiger partial charge in [-0.25, -0.2) is 9.97 Å². The summed E-state index contributed by atoms with van der Waals surface area (Å²) in [5, 5.41) is 8.47. The third-order valence-electron chi connectivity index (χ3n) is 11.7. The maximum Gasteiger partial charge on any atom is 0.160 e. The van der Waals surface area contributed by atoms with E-state index in [-0.39, 0.29) is 0 Å². The fraction of sp³-hybridized carbons (Fsp3) is 0. The van der Waals surface area contributed by atoms with Crippen LogP contribution in [0.1, 0.15) is 0 Å². The zero-order chi connectivity index (χ0) is 38.2. The van der Waals surface area contributed by atoms with E-state index in [1.165, 1.54) is 54.4 Å². The second-order valence-electron chi connectivity index (χ2n) is 15.0. The van der Waals surface area contributed by atoms with Crippen LogP contribution in [0.4, 0.5) is 0 Å². The first-order chi connectivity index (χ1) is 28.8. The summed E-state index contributed by atoms with van der Waals surface area (Å²) in [5.41, 5.74) is 13.1. The Morgan fingerprint density at radius 1 is 0.310 bits per heavy atom. The van der Waals surface area contributed by atoms with Gasteiger partial charge in [0, 0.05) is 54.8 Å². The summed E-state index contributed by atoms with van der Waals surface area (Å²) in [6, 6.07) is 73.7. The van der Waals surface area contributed by atoms with Gasteiger partial charge in [-0.1, -0.05) is 140 Å². The van der Waals surface area contributed by atoms with Crippen LogP contribution in [0.2, 0.25) is 0 Å². The molecular weight excluding hydrogens is 705 g/mol. The molecule has 0 spiro atoms. The van der Waals surface area contributed by atoms with E-state index in [1.54, 1.807) is 0 Å². The van der Waals surface area contributed by atoms with Gasteiger partial charge in [-0.3, -0.25) is 0 Å². The van der Waals surface area contributed by atoms with E-state index in [2.05, 4.69) is 215 Å². The third-order valence-corrected chi connectivity index (χ3v) is 11.7. The van der Waals surface area contributed by atoms with Crippen molar-refractivity contribution in [2.24, 2.45) is 0 Å². The van der Waals surface area contributed by atoms with Crippen LogP contribution in [-0.4, -0.2) is 19.1 Å². The summed E-state index contributed by atoms with van der Waals surface area (Å²) in [7, 11) is 0. The lowest BCUT2D eigenvalue weighted by Gasteiger charge is -2.13. The van der Waals surface area contributed by atoms with Crippen molar-refractivity contribution in [2.75, 3.05) is 0 Å². The molecule has 0 unspecified atom stereocenters. The summed E-state index contributed by atoms with van der Waals surface area (Å²) >= 11 is 0. The smallest absolute Gasteiger partial charge is 0.160 e. The Morgan fingerprint density at radius 2 is 0.879 bits per heavy atom. The number of hydrogen-bond donors (Lipinski definition) is 0. The molecule has 0 saturated carbocycles. The lowest BCUT2D eigenvalue weighted by Crippen LogP contribution is -1.97. The molecule has 0 fully saturated rings. The van der Waals surface area contributed by atoms with Crippen molar-refractivity contribution in [3.63, 3.8) is 0 Å². The molecule has 3 heterocycles. The van der Waals surface area contributed by atoms with Crippen LogP contribution in [0.3, 0.4) is 0 Å². The molecule has 3 aromatic heterocycles. The van der Waals surface area contributed by atoms with Crippen LogP contribution in [0.5, 0.6) is 0 Å². The predicted molar refractivity (Wildman–Crippen MR) is 242 cm³/mol. The number of para-hydroxylation sites is 3. The number of rotatable bonds is 5. The van der Waals surface area contributed by atoms with Gasteiger partial charge in [0.25, 0.3) is 0 Å². The molecule has 0 aliphatic carbocycles. The van der Waals surface area contributed by atoms with Crippen molar-refractivity contribution < 1.29 is 0 Å². The first-order valence-electron chi connectivity index (χ1n) is 19.7. The van der Waals surface area contributed by atoms with E-state index < -0.39 is 0 Å². The lowest BCUT2D eigenvalue weighted by atomic mass is 9.99. The predicted octanol–water partition coefficient (Wildman–Crippen LogP) is 14.0. The van der Waals surface area contributed by atoms with Gasteiger partial charge in [-0.15, -0.1) is 0 Å². The van der Waals surface area contributed by atoms with E-state index in [1.807, 2.05) is 0 Å². The average molecular weight is 739 g/mol. The second kappa shape index (κ2) is 12.9. The fourth-order valence-electron chi connectivity index (χ4n) is 9.02. The first kappa shape index (κ1) is 32.4. The SMILES string of the molecule is c1ccc(-c2nc(-c3ccc(-n4c5ccccc5c5ccc6ccccc6c54)cc3)nc3ccc(-c4ccc5c6ccccc6n(-c6ccccc6)c5c4)cc23)cc1. The molecule has 12 rings (SSSR count). The lowest BCUT2D eigenvalue weighted by molar-refractivity contribution is 1.18. The number of nitrogens with zero attached hydrogens (tertiary/aromatic N) is 4. The van der Waals surface area contributed by atoms with Crippen LogP contribution in [0, 0.1) is 0 Å². The van der Waals surface area contributed by atoms with E-state index in [0.29, 0.717) is 5.82 Å². The van der Waals surface area contributed by atoms with Crippen molar-refractivity contribution in [3.8, 4) is 45.1 Å². The van der Waals surface area contributed by atoms with Gasteiger partial charge in [-0.2, -0.15) is 0 Å². The quantitative estimate of drug-likeness (QED) is 0.176. The highest BCUT2D eigenvalue weighted by Crippen LogP contribution is 2.39. The van der Waals surface area contributed by atoms with Crippen molar-refractivity contribution >= 4 is 65.3 Å². The van der Waals surface area contributed by atoms with E-state index in [9.17, 15) is 0 Å². The molecular formula is C54H34N4. The minimum absolute atomic E-state index is 0.701. The van der Waals surface area contributed by atoms with E-state index >= 15 is 0 Å². The summed E-state index contributed by atoms with van der Waals surface area (Å²) in [5.74, 6) is 0.701. The molecule has 0 radical (unpaired) electrons. The van der Waals surface area contributed by atoms with Gasteiger partial charge >= 0.3 is 0 Å². The number of fused-ring (bicyclic) bond motifs is 9. The summed E-state index contributed by atoms with van der Waals surface area (Å²) in [4.78, 5) is 10.5. The van der Waals surface area contributed by atoms with Gasteiger partial charge < -0.3 is 9.13 Å². The fourth-order valence-corrected chi connectivity index (χ4v) is 9.02. The van der Waals surface area contributed by atoms with Gasteiger partial charge in [0.05, 0.1) is 33.3 Å². The van der Waals surface area contributed by atoms with Crippen LogP contribution >= 0.6 is 0 Å². The van der Waals surface area contributed by atoms with Crippen LogP contribution in [0.15, 0.2) is 206 Å². The normalized spacial score (nSPS) is 11.8. The topological polar surface area (TPSA) is 35.6 Å². The average Bonchev–Trinajstić information content (AvgIpc) is 3.82. The Bertz CT molecular complexity index is 3540. The van der Waals surface area contributed by atoms with E-state index in [0.717, 1.165) is 50.2 Å². The highest BCUT2D eigenvalue weighted by Gasteiger charge is 2.18. The minimum atomic E-state index is 0.701. The number of aromatic nitrogens is 4. The molecule has 0 bridgehead atoms. The summed E-state index contributed by atoms with van der Waals surface area (Å²) in [6.07, 6.45) is 0.